The highest BCUT2D eigenvalue weighted by Crippen LogP contribution is 2.18. The lowest BCUT2D eigenvalue weighted by Crippen LogP contribution is -2.04. The molecule has 1 heterocycles. The van der Waals surface area contributed by atoms with Gasteiger partial charge >= 0.3 is 5.97 Å². The summed E-state index contributed by atoms with van der Waals surface area (Å²) in [6.07, 6.45) is 3.45. The first-order chi connectivity index (χ1) is 7.68. The molecule has 1 unspecified atom stereocenters. The second-order valence-corrected chi connectivity index (χ2v) is 3.74. The topological polar surface area (TPSA) is 42.2 Å². The molecule has 1 aromatic heterocycles. The van der Waals surface area contributed by atoms with Gasteiger partial charge in [0.2, 0.25) is 0 Å². The van der Waals surface area contributed by atoms with Crippen LogP contribution in [0.1, 0.15) is 28.9 Å². The molecule has 0 spiro atoms. The predicted octanol–water partition coefficient (Wildman–Crippen LogP) is 2.80. The summed E-state index contributed by atoms with van der Waals surface area (Å²) < 4.78 is 1.90. The molecule has 3 nitrogen and oxygen atoms in total. The summed E-state index contributed by atoms with van der Waals surface area (Å²) in [7, 11) is 0. The number of aromatic carboxylic acids is 1. The Morgan fingerprint density at radius 2 is 1.94 bits per heavy atom. The smallest absolute Gasteiger partial charge is 0.337 e. The van der Waals surface area contributed by atoms with Crippen molar-refractivity contribution in [2.45, 2.75) is 13.0 Å². The van der Waals surface area contributed by atoms with E-state index in [9.17, 15) is 4.79 Å². The standard InChI is InChI=1S/C13H13NO2/c1-10(11-5-3-2-4-6-11)14-8-7-12(9-14)13(15)16/h2-10H,1H3,(H,15,16). The van der Waals surface area contributed by atoms with Crippen LogP contribution in [0.3, 0.4) is 0 Å². The minimum absolute atomic E-state index is 0.147. The summed E-state index contributed by atoms with van der Waals surface area (Å²) in [4.78, 5) is 10.8. The first-order valence-corrected chi connectivity index (χ1v) is 5.14. The maximum Gasteiger partial charge on any atom is 0.337 e. The molecule has 0 fully saturated rings. The first-order valence-electron chi connectivity index (χ1n) is 5.14. The van der Waals surface area contributed by atoms with Gasteiger partial charge in [-0.1, -0.05) is 30.3 Å². The van der Waals surface area contributed by atoms with E-state index in [0.717, 1.165) is 5.56 Å². The number of rotatable bonds is 3. The van der Waals surface area contributed by atoms with Gasteiger partial charge in [-0.15, -0.1) is 0 Å². The Morgan fingerprint density at radius 1 is 1.25 bits per heavy atom. The first kappa shape index (κ1) is 10.5. The number of benzene rings is 1. The predicted molar refractivity (Wildman–Crippen MR) is 61.6 cm³/mol. The Kier molecular flexibility index (Phi) is 2.77. The Balaban J connectivity index is 2.27. The molecule has 0 saturated carbocycles. The average molecular weight is 215 g/mol. The van der Waals surface area contributed by atoms with E-state index < -0.39 is 5.97 Å². The Bertz CT molecular complexity index is 488. The minimum atomic E-state index is -0.890. The Morgan fingerprint density at radius 3 is 2.50 bits per heavy atom. The molecular weight excluding hydrogens is 202 g/mol. The number of hydrogen-bond donors (Lipinski definition) is 1. The number of carboxylic acids is 1. The molecule has 3 heteroatoms. The number of hydrogen-bond acceptors (Lipinski definition) is 1. The summed E-state index contributed by atoms with van der Waals surface area (Å²) >= 11 is 0. The molecule has 1 aromatic carbocycles. The van der Waals surface area contributed by atoms with Crippen LogP contribution in [0.2, 0.25) is 0 Å². The van der Waals surface area contributed by atoms with E-state index in [0.29, 0.717) is 5.56 Å². The van der Waals surface area contributed by atoms with Crippen LogP contribution < -0.4 is 0 Å². The average Bonchev–Trinajstić information content (AvgIpc) is 2.78. The van der Waals surface area contributed by atoms with E-state index in [1.807, 2.05) is 41.8 Å². The van der Waals surface area contributed by atoms with Crippen molar-refractivity contribution in [3.8, 4) is 0 Å². The fraction of sp³-hybridized carbons (Fsp3) is 0.154. The number of nitrogens with zero attached hydrogens (tertiary/aromatic N) is 1. The molecule has 2 aromatic rings. The molecule has 0 radical (unpaired) electrons. The SMILES string of the molecule is CC(c1ccccc1)n1ccc(C(=O)O)c1. The fourth-order valence-electron chi connectivity index (χ4n) is 1.68. The molecule has 0 aliphatic rings. The second-order valence-electron chi connectivity index (χ2n) is 3.74. The van der Waals surface area contributed by atoms with Gasteiger partial charge in [0, 0.05) is 12.4 Å². The molecule has 82 valence electrons. The summed E-state index contributed by atoms with van der Waals surface area (Å²) in [5.41, 5.74) is 1.48. The van der Waals surface area contributed by atoms with E-state index in [1.165, 1.54) is 0 Å². The highest BCUT2D eigenvalue weighted by Gasteiger charge is 2.10. The van der Waals surface area contributed by atoms with Gasteiger partial charge in [0.25, 0.3) is 0 Å². The molecule has 16 heavy (non-hydrogen) atoms. The minimum Gasteiger partial charge on any atom is -0.478 e. The molecule has 1 atom stereocenters. The van der Waals surface area contributed by atoms with Crippen LogP contribution in [0.25, 0.3) is 0 Å². The van der Waals surface area contributed by atoms with Crippen LogP contribution >= 0.6 is 0 Å². The quantitative estimate of drug-likeness (QED) is 0.855. The van der Waals surface area contributed by atoms with Crippen LogP contribution in [0.4, 0.5) is 0 Å². The van der Waals surface area contributed by atoms with E-state index in [4.69, 9.17) is 5.11 Å². The number of carbonyl (C=O) groups is 1. The largest absolute Gasteiger partial charge is 0.478 e. The molecule has 0 aliphatic heterocycles. The lowest BCUT2D eigenvalue weighted by atomic mass is 10.1. The van der Waals surface area contributed by atoms with Crippen molar-refractivity contribution in [1.29, 1.82) is 0 Å². The summed E-state index contributed by atoms with van der Waals surface area (Å²) in [5, 5.41) is 8.84. The maximum absolute atomic E-state index is 10.8. The van der Waals surface area contributed by atoms with E-state index >= 15 is 0 Å². The molecule has 1 N–H and O–H groups in total. The van der Waals surface area contributed by atoms with Gasteiger partial charge in [0.05, 0.1) is 11.6 Å². The van der Waals surface area contributed by atoms with Gasteiger partial charge < -0.3 is 9.67 Å². The zero-order chi connectivity index (χ0) is 11.5. The molecule has 0 aliphatic carbocycles. The molecular formula is C13H13NO2. The van der Waals surface area contributed by atoms with Crippen LogP contribution in [0.5, 0.6) is 0 Å². The monoisotopic (exact) mass is 215 g/mol. The van der Waals surface area contributed by atoms with Crippen molar-refractivity contribution < 1.29 is 9.90 Å². The van der Waals surface area contributed by atoms with Gasteiger partial charge in [0.1, 0.15) is 0 Å². The molecule has 2 rings (SSSR count). The van der Waals surface area contributed by atoms with Crippen LogP contribution in [-0.2, 0) is 0 Å². The zero-order valence-corrected chi connectivity index (χ0v) is 9.00. The molecule has 0 amide bonds. The van der Waals surface area contributed by atoms with Gasteiger partial charge in [-0.25, -0.2) is 4.79 Å². The van der Waals surface area contributed by atoms with Gasteiger partial charge in [-0.2, -0.15) is 0 Å². The van der Waals surface area contributed by atoms with Crippen LogP contribution in [-0.4, -0.2) is 15.6 Å². The normalized spacial score (nSPS) is 12.3. The van der Waals surface area contributed by atoms with E-state index in [-0.39, 0.29) is 6.04 Å². The van der Waals surface area contributed by atoms with Gasteiger partial charge in [0.15, 0.2) is 0 Å². The van der Waals surface area contributed by atoms with Crippen molar-refractivity contribution in [1.82, 2.24) is 4.57 Å². The number of carboxylic acid groups (broad SMARTS) is 1. The third kappa shape index (κ3) is 1.98. The third-order valence-electron chi connectivity index (χ3n) is 2.69. The fourth-order valence-corrected chi connectivity index (χ4v) is 1.68. The zero-order valence-electron chi connectivity index (χ0n) is 9.00. The molecule has 0 saturated heterocycles. The summed E-state index contributed by atoms with van der Waals surface area (Å²) in [6.45, 7) is 2.04. The van der Waals surface area contributed by atoms with Crippen LogP contribution in [0, 0.1) is 0 Å². The highest BCUT2D eigenvalue weighted by atomic mass is 16.4. The van der Waals surface area contributed by atoms with Crippen molar-refractivity contribution in [2.24, 2.45) is 0 Å². The summed E-state index contributed by atoms with van der Waals surface area (Å²) in [6, 6.07) is 11.8. The third-order valence-corrected chi connectivity index (χ3v) is 2.69. The van der Waals surface area contributed by atoms with Gasteiger partial charge in [-0.3, -0.25) is 0 Å². The van der Waals surface area contributed by atoms with Crippen LogP contribution in [0.15, 0.2) is 48.8 Å². The highest BCUT2D eigenvalue weighted by molar-refractivity contribution is 5.87. The Hall–Kier alpha value is -2.03. The Labute approximate surface area is 94.0 Å². The van der Waals surface area contributed by atoms with E-state index in [1.54, 1.807) is 18.5 Å². The second kappa shape index (κ2) is 4.23. The van der Waals surface area contributed by atoms with Gasteiger partial charge in [-0.05, 0) is 18.6 Å². The van der Waals surface area contributed by atoms with Crippen molar-refractivity contribution >= 4 is 5.97 Å². The maximum atomic E-state index is 10.8. The van der Waals surface area contributed by atoms with Crippen molar-refractivity contribution in [3.05, 3.63) is 59.9 Å². The van der Waals surface area contributed by atoms with Crippen molar-refractivity contribution in [3.63, 3.8) is 0 Å². The summed E-state index contributed by atoms with van der Waals surface area (Å²) in [5.74, 6) is -0.890. The number of aromatic nitrogens is 1. The lowest BCUT2D eigenvalue weighted by Gasteiger charge is -2.13. The molecule has 0 bridgehead atoms. The lowest BCUT2D eigenvalue weighted by molar-refractivity contribution is 0.0697. The van der Waals surface area contributed by atoms with E-state index in [2.05, 4.69) is 0 Å². The van der Waals surface area contributed by atoms with Crippen molar-refractivity contribution in [2.75, 3.05) is 0 Å².